The Hall–Kier alpha value is -2.76. The molecule has 6 heteroatoms. The van der Waals surface area contributed by atoms with Gasteiger partial charge in [-0.05, 0) is 37.3 Å². The average molecular weight is 337 g/mol. The lowest BCUT2D eigenvalue weighted by atomic mass is 9.89. The van der Waals surface area contributed by atoms with Crippen molar-refractivity contribution in [3.05, 3.63) is 47.9 Å². The summed E-state index contributed by atoms with van der Waals surface area (Å²) in [7, 11) is 1.86. The van der Waals surface area contributed by atoms with Gasteiger partial charge in [0.2, 0.25) is 0 Å². The Morgan fingerprint density at radius 3 is 2.76 bits per heavy atom. The Labute approximate surface area is 146 Å². The maximum atomic E-state index is 12.5. The van der Waals surface area contributed by atoms with E-state index in [2.05, 4.69) is 45.9 Å². The third-order valence-electron chi connectivity index (χ3n) is 5.10. The summed E-state index contributed by atoms with van der Waals surface area (Å²) < 4.78 is 1.72. The van der Waals surface area contributed by atoms with E-state index in [1.54, 1.807) is 4.68 Å². The molecule has 1 fully saturated rings. The van der Waals surface area contributed by atoms with Crippen molar-refractivity contribution < 1.29 is 4.79 Å². The van der Waals surface area contributed by atoms with Gasteiger partial charge in [-0.2, -0.15) is 5.10 Å². The van der Waals surface area contributed by atoms with Crippen molar-refractivity contribution in [1.82, 2.24) is 19.7 Å². The number of piperidine rings is 1. The molecule has 2 N–H and O–H groups in total. The molecule has 3 aromatic rings. The van der Waals surface area contributed by atoms with E-state index in [-0.39, 0.29) is 6.03 Å². The predicted octanol–water partition coefficient (Wildman–Crippen LogP) is 3.62. The fourth-order valence-electron chi connectivity index (χ4n) is 3.74. The third-order valence-corrected chi connectivity index (χ3v) is 5.10. The fourth-order valence-corrected chi connectivity index (χ4v) is 3.74. The van der Waals surface area contributed by atoms with Gasteiger partial charge in [0.1, 0.15) is 0 Å². The van der Waals surface area contributed by atoms with Crippen molar-refractivity contribution in [2.24, 2.45) is 7.05 Å². The number of nitrogens with one attached hydrogen (secondary N) is 2. The van der Waals surface area contributed by atoms with E-state index in [0.29, 0.717) is 5.92 Å². The third kappa shape index (κ3) is 2.99. The van der Waals surface area contributed by atoms with Crippen molar-refractivity contribution in [2.75, 3.05) is 18.4 Å². The number of likely N-dealkylation sites (tertiary alicyclic amines) is 1. The van der Waals surface area contributed by atoms with Crippen LogP contribution >= 0.6 is 0 Å². The molecule has 0 radical (unpaired) electrons. The highest BCUT2D eigenvalue weighted by Crippen LogP contribution is 2.33. The number of hydrogen-bond donors (Lipinski definition) is 2. The zero-order valence-electron chi connectivity index (χ0n) is 14.6. The molecule has 0 aliphatic carbocycles. The monoisotopic (exact) mass is 337 g/mol. The molecule has 0 spiro atoms. The average Bonchev–Trinajstić information content (AvgIpc) is 3.18. The normalized spacial score (nSPS) is 15.7. The van der Waals surface area contributed by atoms with Crippen LogP contribution < -0.4 is 5.32 Å². The highest BCUT2D eigenvalue weighted by atomic mass is 16.2. The summed E-state index contributed by atoms with van der Waals surface area (Å²) in [5.41, 5.74) is 4.18. The summed E-state index contributed by atoms with van der Waals surface area (Å²) in [5, 5.41) is 8.54. The van der Waals surface area contributed by atoms with Crippen LogP contribution in [-0.2, 0) is 7.05 Å². The number of amides is 2. The molecule has 130 valence electrons. The quantitative estimate of drug-likeness (QED) is 0.750. The summed E-state index contributed by atoms with van der Waals surface area (Å²) in [6.45, 7) is 3.45. The van der Waals surface area contributed by atoms with E-state index in [1.165, 1.54) is 16.5 Å². The molecular weight excluding hydrogens is 314 g/mol. The van der Waals surface area contributed by atoms with E-state index < -0.39 is 0 Å². The standard InChI is InChI=1S/C19H23N5O/c1-13-18(12-23(2)22-13)21-19(25)24-9-7-14(8-10-24)16-11-20-17-6-4-3-5-15(16)17/h3-6,11-12,14,20H,7-10H2,1-2H3,(H,21,25). The number of hydrogen-bond acceptors (Lipinski definition) is 2. The summed E-state index contributed by atoms with van der Waals surface area (Å²) in [4.78, 5) is 17.8. The van der Waals surface area contributed by atoms with Gasteiger partial charge in [0.05, 0.1) is 11.4 Å². The molecule has 0 bridgehead atoms. The summed E-state index contributed by atoms with van der Waals surface area (Å²) in [6.07, 6.45) is 5.94. The largest absolute Gasteiger partial charge is 0.361 e. The Bertz CT molecular complexity index is 902. The van der Waals surface area contributed by atoms with Crippen LogP contribution in [0.1, 0.15) is 30.0 Å². The Morgan fingerprint density at radius 2 is 2.04 bits per heavy atom. The number of aromatic nitrogens is 3. The predicted molar refractivity (Wildman–Crippen MR) is 98.8 cm³/mol. The van der Waals surface area contributed by atoms with Gasteiger partial charge < -0.3 is 15.2 Å². The van der Waals surface area contributed by atoms with E-state index >= 15 is 0 Å². The number of carbonyl (C=O) groups excluding carboxylic acids is 1. The van der Waals surface area contributed by atoms with Crippen LogP contribution in [0.4, 0.5) is 10.5 Å². The topological polar surface area (TPSA) is 66.0 Å². The smallest absolute Gasteiger partial charge is 0.321 e. The second-order valence-electron chi connectivity index (χ2n) is 6.78. The summed E-state index contributed by atoms with van der Waals surface area (Å²) in [5.74, 6) is 0.500. The first-order chi connectivity index (χ1) is 12.1. The number of fused-ring (bicyclic) bond motifs is 1. The van der Waals surface area contributed by atoms with Crippen molar-refractivity contribution in [1.29, 1.82) is 0 Å². The number of aryl methyl sites for hydroxylation is 2. The molecule has 1 aromatic carbocycles. The van der Waals surface area contributed by atoms with Gasteiger partial charge >= 0.3 is 6.03 Å². The fraction of sp³-hybridized carbons (Fsp3) is 0.368. The Balaban J connectivity index is 1.41. The Kier molecular flexibility index (Phi) is 3.95. The number of benzene rings is 1. The van der Waals surface area contributed by atoms with E-state index in [0.717, 1.165) is 37.3 Å². The van der Waals surface area contributed by atoms with Crippen LogP contribution in [0.5, 0.6) is 0 Å². The number of rotatable bonds is 2. The molecule has 1 aliphatic rings. The molecule has 3 heterocycles. The van der Waals surface area contributed by atoms with Gasteiger partial charge in [0.25, 0.3) is 0 Å². The van der Waals surface area contributed by atoms with Gasteiger partial charge in [-0.1, -0.05) is 18.2 Å². The number of aromatic amines is 1. The maximum absolute atomic E-state index is 12.5. The molecule has 25 heavy (non-hydrogen) atoms. The lowest BCUT2D eigenvalue weighted by molar-refractivity contribution is 0.195. The Morgan fingerprint density at radius 1 is 1.28 bits per heavy atom. The van der Waals surface area contributed by atoms with Crippen molar-refractivity contribution in [3.8, 4) is 0 Å². The number of anilines is 1. The SMILES string of the molecule is Cc1nn(C)cc1NC(=O)N1CCC(c2c[nH]c3ccccc23)CC1. The second kappa shape index (κ2) is 6.27. The van der Waals surface area contributed by atoms with Crippen LogP contribution in [0.25, 0.3) is 10.9 Å². The van der Waals surface area contributed by atoms with Crippen LogP contribution in [0.3, 0.4) is 0 Å². The van der Waals surface area contributed by atoms with Gasteiger partial charge in [-0.15, -0.1) is 0 Å². The van der Waals surface area contributed by atoms with Gasteiger partial charge in [0.15, 0.2) is 0 Å². The van der Waals surface area contributed by atoms with Crippen molar-refractivity contribution >= 4 is 22.6 Å². The molecular formula is C19H23N5O. The minimum Gasteiger partial charge on any atom is -0.361 e. The first kappa shape index (κ1) is 15.7. The summed E-state index contributed by atoms with van der Waals surface area (Å²) >= 11 is 0. The number of nitrogens with zero attached hydrogens (tertiary/aromatic N) is 3. The molecule has 0 saturated carbocycles. The first-order valence-corrected chi connectivity index (χ1v) is 8.74. The molecule has 0 unspecified atom stereocenters. The van der Waals surface area contributed by atoms with Crippen molar-refractivity contribution in [3.63, 3.8) is 0 Å². The lowest BCUT2D eigenvalue weighted by Crippen LogP contribution is -2.40. The van der Waals surface area contributed by atoms with Crippen LogP contribution in [-0.4, -0.2) is 38.8 Å². The highest BCUT2D eigenvalue weighted by molar-refractivity contribution is 5.90. The molecule has 2 amide bonds. The van der Waals surface area contributed by atoms with Gasteiger partial charge in [0, 0.05) is 43.4 Å². The van der Waals surface area contributed by atoms with E-state index in [9.17, 15) is 4.79 Å². The maximum Gasteiger partial charge on any atom is 0.321 e. The second-order valence-corrected chi connectivity index (χ2v) is 6.78. The molecule has 2 aromatic heterocycles. The minimum atomic E-state index is -0.0338. The highest BCUT2D eigenvalue weighted by Gasteiger charge is 2.25. The van der Waals surface area contributed by atoms with Gasteiger partial charge in [-0.25, -0.2) is 4.79 Å². The minimum absolute atomic E-state index is 0.0338. The van der Waals surface area contributed by atoms with Crippen LogP contribution in [0, 0.1) is 6.92 Å². The zero-order chi connectivity index (χ0) is 17.4. The number of para-hydroxylation sites is 1. The van der Waals surface area contributed by atoms with Crippen molar-refractivity contribution in [2.45, 2.75) is 25.7 Å². The molecule has 6 nitrogen and oxygen atoms in total. The van der Waals surface area contributed by atoms with Gasteiger partial charge in [-0.3, -0.25) is 4.68 Å². The molecule has 4 rings (SSSR count). The van der Waals surface area contributed by atoms with Crippen LogP contribution in [0.2, 0.25) is 0 Å². The molecule has 0 atom stereocenters. The van der Waals surface area contributed by atoms with E-state index in [4.69, 9.17) is 0 Å². The summed E-state index contributed by atoms with van der Waals surface area (Å²) in [6, 6.07) is 8.38. The lowest BCUT2D eigenvalue weighted by Gasteiger charge is -2.32. The number of urea groups is 1. The zero-order valence-corrected chi connectivity index (χ0v) is 14.6. The number of carbonyl (C=O) groups is 1. The first-order valence-electron chi connectivity index (χ1n) is 8.74. The molecule has 1 saturated heterocycles. The molecule has 1 aliphatic heterocycles. The van der Waals surface area contributed by atoms with Crippen LogP contribution in [0.15, 0.2) is 36.7 Å². The number of H-pyrrole nitrogens is 1. The van der Waals surface area contributed by atoms with E-state index in [1.807, 2.05) is 25.1 Å².